The molecule has 0 saturated carbocycles. The van der Waals surface area contributed by atoms with Crippen molar-refractivity contribution >= 4 is 28.8 Å². The van der Waals surface area contributed by atoms with Crippen molar-refractivity contribution in [2.24, 2.45) is 0 Å². The maximum Gasteiger partial charge on any atom is 0.274 e. The molecule has 8 nitrogen and oxygen atoms in total. The number of nitrogens with zero attached hydrogens (tertiary/aromatic N) is 5. The first-order valence-electron chi connectivity index (χ1n) is 9.82. The van der Waals surface area contributed by atoms with Crippen molar-refractivity contribution in [2.45, 2.75) is 39.2 Å². The third kappa shape index (κ3) is 4.35. The van der Waals surface area contributed by atoms with Gasteiger partial charge in [-0.15, -0.1) is 10.2 Å². The average Bonchev–Trinajstić information content (AvgIpc) is 3.20. The van der Waals surface area contributed by atoms with Gasteiger partial charge in [-0.1, -0.05) is 23.5 Å². The van der Waals surface area contributed by atoms with Crippen molar-refractivity contribution in [2.75, 3.05) is 11.9 Å². The number of anilines is 1. The van der Waals surface area contributed by atoms with Gasteiger partial charge in [-0.05, 0) is 45.2 Å². The Hall–Kier alpha value is -3.20. The molecule has 0 spiro atoms. The summed E-state index contributed by atoms with van der Waals surface area (Å²) in [7, 11) is 0. The zero-order valence-electron chi connectivity index (χ0n) is 16.8. The van der Waals surface area contributed by atoms with Crippen LogP contribution in [0.25, 0.3) is 10.6 Å². The van der Waals surface area contributed by atoms with E-state index in [1.165, 1.54) is 17.5 Å². The van der Waals surface area contributed by atoms with E-state index < -0.39 is 6.04 Å². The van der Waals surface area contributed by atoms with Gasteiger partial charge >= 0.3 is 0 Å². The molecule has 4 rings (SSSR count). The van der Waals surface area contributed by atoms with Crippen LogP contribution in [0.2, 0.25) is 0 Å². The molecule has 0 bridgehead atoms. The molecular formula is C21H22N6O2S. The number of nitrogens with one attached hydrogen (secondary N) is 1. The number of carbonyl (C=O) groups excluding carboxylic acids is 2. The van der Waals surface area contributed by atoms with Gasteiger partial charge in [0.15, 0.2) is 0 Å². The van der Waals surface area contributed by atoms with Gasteiger partial charge in [0.1, 0.15) is 21.8 Å². The summed E-state index contributed by atoms with van der Waals surface area (Å²) >= 11 is 1.50. The zero-order valence-corrected chi connectivity index (χ0v) is 17.6. The van der Waals surface area contributed by atoms with Crippen LogP contribution in [0.4, 0.5) is 5.69 Å². The second-order valence-corrected chi connectivity index (χ2v) is 8.43. The molecule has 154 valence electrons. The third-order valence-corrected chi connectivity index (χ3v) is 5.86. The summed E-state index contributed by atoms with van der Waals surface area (Å²) in [6.07, 6.45) is 5.40. The Morgan fingerprint density at radius 1 is 1.13 bits per heavy atom. The Labute approximate surface area is 178 Å². The van der Waals surface area contributed by atoms with Gasteiger partial charge in [0, 0.05) is 24.0 Å². The number of amides is 2. The highest BCUT2D eigenvalue weighted by atomic mass is 32.1. The molecule has 2 aromatic heterocycles. The summed E-state index contributed by atoms with van der Waals surface area (Å²) in [6, 6.07) is 6.96. The summed E-state index contributed by atoms with van der Waals surface area (Å²) in [4.78, 5) is 35.9. The SMILES string of the molecule is Cc1cnc(C(=O)N2CCCCC2C(=O)Nc2cccc(-c3nnc(C)s3)c2)cn1. The molecule has 0 radical (unpaired) electrons. The lowest BCUT2D eigenvalue weighted by atomic mass is 10.0. The van der Waals surface area contributed by atoms with Crippen LogP contribution < -0.4 is 5.32 Å². The number of piperidine rings is 1. The molecule has 1 atom stereocenters. The molecule has 1 saturated heterocycles. The number of benzene rings is 1. The topological polar surface area (TPSA) is 101 Å². The largest absolute Gasteiger partial charge is 0.325 e. The molecule has 1 unspecified atom stereocenters. The number of hydrogen-bond acceptors (Lipinski definition) is 7. The van der Waals surface area contributed by atoms with Gasteiger partial charge in [-0.25, -0.2) is 4.98 Å². The monoisotopic (exact) mass is 422 g/mol. The predicted molar refractivity (Wildman–Crippen MR) is 114 cm³/mol. The van der Waals surface area contributed by atoms with E-state index in [-0.39, 0.29) is 17.5 Å². The molecule has 1 aliphatic rings. The molecule has 3 heterocycles. The van der Waals surface area contributed by atoms with E-state index >= 15 is 0 Å². The Balaban J connectivity index is 1.51. The molecule has 1 fully saturated rings. The van der Waals surface area contributed by atoms with E-state index in [0.717, 1.165) is 34.1 Å². The van der Waals surface area contributed by atoms with Gasteiger partial charge in [0.2, 0.25) is 5.91 Å². The summed E-state index contributed by atoms with van der Waals surface area (Å²) in [5, 5.41) is 12.9. The van der Waals surface area contributed by atoms with Gasteiger partial charge in [-0.3, -0.25) is 14.6 Å². The van der Waals surface area contributed by atoms with Crippen molar-refractivity contribution in [3.63, 3.8) is 0 Å². The van der Waals surface area contributed by atoms with Crippen LogP contribution in [0.5, 0.6) is 0 Å². The van der Waals surface area contributed by atoms with E-state index in [9.17, 15) is 9.59 Å². The first-order valence-corrected chi connectivity index (χ1v) is 10.6. The van der Waals surface area contributed by atoms with Gasteiger partial charge < -0.3 is 10.2 Å². The highest BCUT2D eigenvalue weighted by Crippen LogP contribution is 2.26. The Kier molecular flexibility index (Phi) is 5.80. The standard InChI is InChI=1S/C21H22N6O2S/c1-13-11-23-17(12-22-13)21(29)27-9-4-3-8-18(27)19(28)24-16-7-5-6-15(10-16)20-26-25-14(2)30-20/h5-7,10-12,18H,3-4,8-9H2,1-2H3,(H,24,28). The smallest absolute Gasteiger partial charge is 0.274 e. The average molecular weight is 423 g/mol. The number of aryl methyl sites for hydroxylation is 2. The summed E-state index contributed by atoms with van der Waals surface area (Å²) < 4.78 is 0. The van der Waals surface area contributed by atoms with Crippen molar-refractivity contribution in [3.8, 4) is 10.6 Å². The number of likely N-dealkylation sites (tertiary alicyclic amines) is 1. The van der Waals surface area contributed by atoms with Gasteiger partial charge in [0.25, 0.3) is 5.91 Å². The lowest BCUT2D eigenvalue weighted by molar-refractivity contribution is -0.121. The highest BCUT2D eigenvalue weighted by Gasteiger charge is 2.33. The van der Waals surface area contributed by atoms with E-state index in [1.807, 2.05) is 38.1 Å². The van der Waals surface area contributed by atoms with E-state index in [4.69, 9.17) is 0 Å². The van der Waals surface area contributed by atoms with Crippen LogP contribution in [0.3, 0.4) is 0 Å². The number of hydrogen-bond donors (Lipinski definition) is 1. The normalized spacial score (nSPS) is 16.3. The van der Waals surface area contributed by atoms with Crippen LogP contribution in [0, 0.1) is 13.8 Å². The van der Waals surface area contributed by atoms with Gasteiger partial charge in [-0.2, -0.15) is 0 Å². The fraction of sp³-hybridized carbons (Fsp3) is 0.333. The number of rotatable bonds is 4. The molecule has 0 aliphatic carbocycles. The van der Waals surface area contributed by atoms with E-state index in [1.54, 1.807) is 11.1 Å². The maximum absolute atomic E-state index is 13.1. The highest BCUT2D eigenvalue weighted by molar-refractivity contribution is 7.14. The molecule has 1 aliphatic heterocycles. The molecule has 1 N–H and O–H groups in total. The number of aromatic nitrogens is 4. The Morgan fingerprint density at radius 3 is 2.73 bits per heavy atom. The van der Waals surface area contributed by atoms with Crippen LogP contribution in [-0.2, 0) is 4.79 Å². The van der Waals surface area contributed by atoms with Crippen LogP contribution in [-0.4, -0.2) is 49.5 Å². The summed E-state index contributed by atoms with van der Waals surface area (Å²) in [5.74, 6) is -0.464. The molecule has 9 heteroatoms. The van der Waals surface area contributed by atoms with Gasteiger partial charge in [0.05, 0.1) is 11.9 Å². The second-order valence-electron chi connectivity index (χ2n) is 7.25. The quantitative estimate of drug-likeness (QED) is 0.693. The maximum atomic E-state index is 13.1. The number of carbonyl (C=O) groups is 2. The molecule has 30 heavy (non-hydrogen) atoms. The third-order valence-electron chi connectivity index (χ3n) is 4.97. The van der Waals surface area contributed by atoms with Crippen LogP contribution in [0.15, 0.2) is 36.7 Å². The molecule has 3 aromatic rings. The fourth-order valence-electron chi connectivity index (χ4n) is 3.47. The Morgan fingerprint density at radius 2 is 2.00 bits per heavy atom. The second kappa shape index (κ2) is 8.66. The first kappa shape index (κ1) is 20.1. The molecule has 1 aromatic carbocycles. The minimum Gasteiger partial charge on any atom is -0.325 e. The van der Waals surface area contributed by atoms with Crippen molar-refractivity contribution in [3.05, 3.63) is 53.1 Å². The zero-order chi connectivity index (χ0) is 21.1. The van der Waals surface area contributed by atoms with Crippen molar-refractivity contribution in [1.82, 2.24) is 25.1 Å². The van der Waals surface area contributed by atoms with E-state index in [0.29, 0.717) is 18.7 Å². The molecular weight excluding hydrogens is 400 g/mol. The van der Waals surface area contributed by atoms with Crippen molar-refractivity contribution in [1.29, 1.82) is 0 Å². The van der Waals surface area contributed by atoms with Crippen LogP contribution >= 0.6 is 11.3 Å². The van der Waals surface area contributed by atoms with Crippen molar-refractivity contribution < 1.29 is 9.59 Å². The molecule has 2 amide bonds. The minimum atomic E-state index is -0.540. The lowest BCUT2D eigenvalue weighted by Crippen LogP contribution is -2.50. The summed E-state index contributed by atoms with van der Waals surface area (Å²) in [6.45, 7) is 4.24. The predicted octanol–water partition coefficient (Wildman–Crippen LogP) is 3.25. The first-order chi connectivity index (χ1) is 14.5. The van der Waals surface area contributed by atoms with Crippen LogP contribution in [0.1, 0.15) is 40.5 Å². The fourth-order valence-corrected chi connectivity index (χ4v) is 4.15. The minimum absolute atomic E-state index is 0.200. The Bertz CT molecular complexity index is 1070. The van der Waals surface area contributed by atoms with E-state index in [2.05, 4.69) is 25.5 Å². The lowest BCUT2D eigenvalue weighted by Gasteiger charge is -2.34. The summed E-state index contributed by atoms with van der Waals surface area (Å²) in [5.41, 5.74) is 2.56.